The minimum absolute atomic E-state index is 0.345. The van der Waals surface area contributed by atoms with Crippen LogP contribution in [0, 0.1) is 0 Å². The topological polar surface area (TPSA) is 173 Å². The Morgan fingerprint density at radius 2 is 0.844 bits per heavy atom. The maximum Gasteiger partial charge on any atom is 0.303 e. The third kappa shape index (κ3) is 70.5. The van der Waals surface area contributed by atoms with Gasteiger partial charge in [0.1, 0.15) is 6.10 Å². The number of hydrogen-bond acceptors (Lipinski definition) is 6. The average Bonchev–Trinajstić information content (AvgIpc) is 2.70. The van der Waals surface area contributed by atoms with E-state index in [2.05, 4.69) is 6.92 Å². The largest absolute Gasteiger partial charge is 0.481 e. The predicted molar refractivity (Wildman–Crippen MR) is 125 cm³/mol. The van der Waals surface area contributed by atoms with Crippen molar-refractivity contribution in [3.05, 3.63) is 0 Å². The van der Waals surface area contributed by atoms with E-state index in [4.69, 9.17) is 40.2 Å². The first-order valence-electron chi connectivity index (χ1n) is 11.6. The number of unbranched alkanes of at least 4 members (excludes halogenated alkanes) is 12. The van der Waals surface area contributed by atoms with Crippen molar-refractivity contribution in [2.75, 3.05) is 13.2 Å². The fourth-order valence-corrected chi connectivity index (χ4v) is 2.35. The number of aliphatic carboxylic acids is 3. The van der Waals surface area contributed by atoms with Gasteiger partial charge in [-0.05, 0) is 6.42 Å². The van der Waals surface area contributed by atoms with Crippen LogP contribution < -0.4 is 0 Å². The van der Waals surface area contributed by atoms with Crippen molar-refractivity contribution >= 4 is 17.9 Å². The summed E-state index contributed by atoms with van der Waals surface area (Å²) < 4.78 is 0. The van der Waals surface area contributed by atoms with Crippen molar-refractivity contribution in [2.45, 2.75) is 117 Å². The second kappa shape index (κ2) is 33.9. The van der Waals surface area contributed by atoms with Gasteiger partial charge < -0.3 is 30.6 Å². The maximum absolute atomic E-state index is 10.3. The van der Waals surface area contributed by atoms with Crippen LogP contribution in [0.2, 0.25) is 0 Å². The number of carboxylic acids is 3. The molecule has 0 aromatic rings. The Bertz CT molecular complexity index is 377. The van der Waals surface area contributed by atoms with Crippen LogP contribution >= 0.6 is 0 Å². The lowest BCUT2D eigenvalue weighted by molar-refractivity contribution is -0.137. The summed E-state index contributed by atoms with van der Waals surface area (Å²) in [6, 6.07) is 0. The number of aliphatic hydroxyl groups excluding tert-OH is 3. The summed E-state index contributed by atoms with van der Waals surface area (Å²) in [6.45, 7) is 3.70. The molecule has 9 nitrogen and oxygen atoms in total. The zero-order valence-corrected chi connectivity index (χ0v) is 20.3. The summed E-state index contributed by atoms with van der Waals surface area (Å²) >= 11 is 0. The van der Waals surface area contributed by atoms with E-state index < -0.39 is 24.0 Å². The van der Waals surface area contributed by atoms with E-state index in [1.165, 1.54) is 70.6 Å². The number of hydrogen-bond donors (Lipinski definition) is 6. The summed E-state index contributed by atoms with van der Waals surface area (Å²) in [5.41, 5.74) is 0. The number of carbonyl (C=O) groups is 3. The van der Waals surface area contributed by atoms with Gasteiger partial charge in [-0.1, -0.05) is 84.0 Å². The molecule has 0 radical (unpaired) electrons. The molecule has 0 fully saturated rings. The van der Waals surface area contributed by atoms with Gasteiger partial charge in [0, 0.05) is 20.3 Å². The van der Waals surface area contributed by atoms with Gasteiger partial charge in [0.2, 0.25) is 0 Å². The van der Waals surface area contributed by atoms with Crippen molar-refractivity contribution in [1.82, 2.24) is 0 Å². The van der Waals surface area contributed by atoms with Crippen LogP contribution in [0.4, 0.5) is 0 Å². The first-order valence-corrected chi connectivity index (χ1v) is 11.6. The molecule has 194 valence electrons. The van der Waals surface area contributed by atoms with Crippen LogP contribution in [0.25, 0.3) is 0 Å². The highest BCUT2D eigenvalue weighted by molar-refractivity contribution is 5.66. The van der Waals surface area contributed by atoms with E-state index in [0.717, 1.165) is 26.7 Å². The summed E-state index contributed by atoms with van der Waals surface area (Å²) in [5.74, 6) is -2.32. The molecule has 0 bridgehead atoms. The number of rotatable bonds is 16. The lowest BCUT2D eigenvalue weighted by atomic mass is 10.0. The summed E-state index contributed by atoms with van der Waals surface area (Å²) in [5, 5.41) is 47.3. The molecule has 0 heterocycles. The smallest absolute Gasteiger partial charge is 0.303 e. The van der Waals surface area contributed by atoms with Crippen molar-refractivity contribution in [2.24, 2.45) is 0 Å². The van der Waals surface area contributed by atoms with Gasteiger partial charge in [-0.15, -0.1) is 0 Å². The average molecular weight is 469 g/mol. The zero-order valence-electron chi connectivity index (χ0n) is 20.3. The van der Waals surface area contributed by atoms with E-state index in [-0.39, 0.29) is 13.2 Å². The maximum atomic E-state index is 10.3. The molecule has 9 heteroatoms. The van der Waals surface area contributed by atoms with Crippen molar-refractivity contribution in [3.63, 3.8) is 0 Å². The molecule has 32 heavy (non-hydrogen) atoms. The molecule has 0 aliphatic carbocycles. The molecule has 0 saturated heterocycles. The fraction of sp³-hybridized carbons (Fsp3) is 0.870. The summed E-state index contributed by atoms with van der Waals surface area (Å²) in [4.78, 5) is 28.3. The van der Waals surface area contributed by atoms with Gasteiger partial charge in [0.25, 0.3) is 11.9 Å². The molecule has 0 amide bonds. The van der Waals surface area contributed by atoms with Crippen LogP contribution in [-0.4, -0.2) is 67.9 Å². The Hall–Kier alpha value is -1.71. The standard InChI is InChI=1S/C16H32O2.C3H8O3.2C2H4O2/c1-2-3-4-5-6-7-8-9-10-11-12-13-14-15-16(17)18;4-1-3(6)2-5;2*1-2(3)4/h2-15H2,1H3,(H,17,18);3-6H,1-2H2;2*1H3,(H,3,4). The van der Waals surface area contributed by atoms with Gasteiger partial charge >= 0.3 is 5.97 Å². The highest BCUT2D eigenvalue weighted by Crippen LogP contribution is 2.12. The Labute approximate surface area is 193 Å². The molecule has 0 aromatic carbocycles. The van der Waals surface area contributed by atoms with Crippen molar-refractivity contribution in [1.29, 1.82) is 0 Å². The first kappa shape index (κ1) is 37.6. The normalized spacial score (nSPS) is 9.47. The first-order chi connectivity index (χ1) is 15.0. The molecule has 0 spiro atoms. The Morgan fingerprint density at radius 3 is 1.03 bits per heavy atom. The molecule has 0 aliphatic heterocycles. The van der Waals surface area contributed by atoms with E-state index in [1.807, 2.05) is 0 Å². The molecule has 0 rings (SSSR count). The van der Waals surface area contributed by atoms with Crippen LogP contribution in [0.1, 0.15) is 111 Å². The van der Waals surface area contributed by atoms with Crippen molar-refractivity contribution < 1.29 is 45.0 Å². The van der Waals surface area contributed by atoms with Gasteiger partial charge in [-0.25, -0.2) is 0 Å². The molecule has 0 unspecified atom stereocenters. The van der Waals surface area contributed by atoms with E-state index >= 15 is 0 Å². The lowest BCUT2D eigenvalue weighted by Gasteiger charge is -2.02. The van der Waals surface area contributed by atoms with Gasteiger partial charge in [-0.2, -0.15) is 0 Å². The number of aliphatic hydroxyl groups is 3. The minimum atomic E-state index is -0.954. The molecule has 0 aliphatic rings. The third-order valence-electron chi connectivity index (χ3n) is 3.92. The predicted octanol–water partition coefficient (Wildman–Crippen LogP) is 4.07. The Morgan fingerprint density at radius 1 is 0.594 bits per heavy atom. The van der Waals surface area contributed by atoms with E-state index in [1.54, 1.807) is 0 Å². The second-order valence-electron chi connectivity index (χ2n) is 7.44. The van der Waals surface area contributed by atoms with E-state index in [9.17, 15) is 4.79 Å². The van der Waals surface area contributed by atoms with Crippen LogP contribution in [0.5, 0.6) is 0 Å². The lowest BCUT2D eigenvalue weighted by Crippen LogP contribution is -2.15. The third-order valence-corrected chi connectivity index (χ3v) is 3.92. The van der Waals surface area contributed by atoms with Crippen LogP contribution in [0.3, 0.4) is 0 Å². The molecular formula is C23H48O9. The summed E-state index contributed by atoms with van der Waals surface area (Å²) in [7, 11) is 0. The summed E-state index contributed by atoms with van der Waals surface area (Å²) in [6.07, 6.45) is 16.3. The van der Waals surface area contributed by atoms with Crippen LogP contribution in [-0.2, 0) is 14.4 Å². The number of carboxylic acid groups (broad SMARTS) is 3. The highest BCUT2D eigenvalue weighted by Gasteiger charge is 1.97. The van der Waals surface area contributed by atoms with Crippen molar-refractivity contribution in [3.8, 4) is 0 Å². The SMILES string of the molecule is CC(=O)O.CC(=O)O.CCCCCCCCCCCCCCCC(=O)O.OCC(O)CO. The van der Waals surface area contributed by atoms with Gasteiger partial charge in [0.05, 0.1) is 13.2 Å². The molecular weight excluding hydrogens is 420 g/mol. The molecule has 0 saturated carbocycles. The van der Waals surface area contributed by atoms with E-state index in [0.29, 0.717) is 6.42 Å². The highest BCUT2D eigenvalue weighted by atomic mass is 16.4. The van der Waals surface area contributed by atoms with Crippen LogP contribution in [0.15, 0.2) is 0 Å². The Balaban J connectivity index is -0.000000227. The molecule has 6 N–H and O–H groups in total. The minimum Gasteiger partial charge on any atom is -0.481 e. The zero-order chi connectivity index (χ0) is 25.6. The van der Waals surface area contributed by atoms with Gasteiger partial charge in [-0.3, -0.25) is 14.4 Å². The molecule has 0 atom stereocenters. The second-order valence-corrected chi connectivity index (χ2v) is 7.44. The monoisotopic (exact) mass is 468 g/mol. The fourth-order valence-electron chi connectivity index (χ4n) is 2.35. The Kier molecular flexibility index (Phi) is 39.8. The quantitative estimate of drug-likeness (QED) is 0.183. The molecule has 0 aromatic heterocycles. The van der Waals surface area contributed by atoms with Gasteiger partial charge in [0.15, 0.2) is 0 Å².